The zero-order valence-corrected chi connectivity index (χ0v) is 11.6. The molecule has 1 aliphatic heterocycles. The number of benzene rings is 1. The highest BCUT2D eigenvalue weighted by atomic mass is 16.5. The molecule has 18 heavy (non-hydrogen) atoms. The van der Waals surface area contributed by atoms with E-state index in [-0.39, 0.29) is 5.41 Å². The van der Waals surface area contributed by atoms with E-state index in [0.717, 1.165) is 31.9 Å². The first-order valence-corrected chi connectivity index (χ1v) is 6.68. The zero-order chi connectivity index (χ0) is 13.0. The van der Waals surface area contributed by atoms with Crippen molar-refractivity contribution in [2.45, 2.75) is 32.6 Å². The van der Waals surface area contributed by atoms with Gasteiger partial charge in [-0.05, 0) is 41.6 Å². The molecule has 0 radical (unpaired) electrons. The van der Waals surface area contributed by atoms with Crippen LogP contribution in [0.3, 0.4) is 0 Å². The number of rotatable bonds is 3. The van der Waals surface area contributed by atoms with E-state index < -0.39 is 0 Å². The second kappa shape index (κ2) is 5.57. The third-order valence-electron chi connectivity index (χ3n) is 3.28. The quantitative estimate of drug-likeness (QED) is 0.825. The van der Waals surface area contributed by atoms with Crippen LogP contribution in [-0.2, 0) is 5.41 Å². The van der Waals surface area contributed by atoms with Crippen molar-refractivity contribution >= 4 is 0 Å². The fourth-order valence-corrected chi connectivity index (χ4v) is 2.03. The zero-order valence-electron chi connectivity index (χ0n) is 11.6. The Morgan fingerprint density at radius 3 is 2.78 bits per heavy atom. The molecule has 2 nitrogen and oxygen atoms in total. The Morgan fingerprint density at radius 1 is 1.28 bits per heavy atom. The molecule has 2 rings (SSSR count). The van der Waals surface area contributed by atoms with E-state index in [2.05, 4.69) is 50.4 Å². The predicted octanol–water partition coefficient (Wildman–Crippen LogP) is 3.28. The summed E-state index contributed by atoms with van der Waals surface area (Å²) in [5.41, 5.74) is 2.89. The predicted molar refractivity (Wildman–Crippen MR) is 76.2 cm³/mol. The lowest BCUT2D eigenvalue weighted by molar-refractivity contribution is 0.343. The minimum atomic E-state index is 0.174. The smallest absolute Gasteiger partial charge is 0.120 e. The van der Waals surface area contributed by atoms with Gasteiger partial charge in [0.05, 0.1) is 0 Å². The minimum Gasteiger partial charge on any atom is -0.489 e. The van der Waals surface area contributed by atoms with E-state index in [1.165, 1.54) is 11.1 Å². The van der Waals surface area contributed by atoms with Crippen molar-refractivity contribution in [2.24, 2.45) is 0 Å². The van der Waals surface area contributed by atoms with Crippen molar-refractivity contribution in [2.75, 3.05) is 19.7 Å². The van der Waals surface area contributed by atoms with Gasteiger partial charge in [-0.15, -0.1) is 0 Å². The summed E-state index contributed by atoms with van der Waals surface area (Å²) >= 11 is 0. The molecule has 1 aromatic carbocycles. The molecule has 0 fully saturated rings. The molecule has 1 N–H and O–H groups in total. The lowest BCUT2D eigenvalue weighted by atomic mass is 9.87. The van der Waals surface area contributed by atoms with Gasteiger partial charge in [0.1, 0.15) is 12.4 Å². The second-order valence-electron chi connectivity index (χ2n) is 5.88. The molecule has 0 amide bonds. The highest BCUT2D eigenvalue weighted by Gasteiger charge is 2.14. The molecule has 0 spiro atoms. The Labute approximate surface area is 110 Å². The number of ether oxygens (including phenoxy) is 1. The third kappa shape index (κ3) is 3.61. The van der Waals surface area contributed by atoms with Crippen LogP contribution in [0.4, 0.5) is 0 Å². The van der Waals surface area contributed by atoms with Crippen molar-refractivity contribution in [3.63, 3.8) is 0 Å². The van der Waals surface area contributed by atoms with E-state index in [1.54, 1.807) is 0 Å². The fourth-order valence-electron chi connectivity index (χ4n) is 2.03. The lowest BCUT2D eigenvalue weighted by Gasteiger charge is -2.20. The van der Waals surface area contributed by atoms with Crippen molar-refractivity contribution < 1.29 is 4.74 Å². The number of hydrogen-bond donors (Lipinski definition) is 1. The molecular formula is C16H23NO. The molecule has 0 bridgehead atoms. The Bertz CT molecular complexity index is 429. The Kier molecular flexibility index (Phi) is 4.07. The summed E-state index contributed by atoms with van der Waals surface area (Å²) in [4.78, 5) is 0. The lowest BCUT2D eigenvalue weighted by Crippen LogP contribution is -2.22. The van der Waals surface area contributed by atoms with Gasteiger partial charge in [-0.3, -0.25) is 0 Å². The van der Waals surface area contributed by atoms with Gasteiger partial charge in [0.2, 0.25) is 0 Å². The second-order valence-corrected chi connectivity index (χ2v) is 5.88. The molecule has 2 heteroatoms. The Hall–Kier alpha value is -1.28. The maximum Gasteiger partial charge on any atom is 0.120 e. The highest BCUT2D eigenvalue weighted by molar-refractivity contribution is 5.33. The van der Waals surface area contributed by atoms with Crippen LogP contribution in [0.1, 0.15) is 32.8 Å². The van der Waals surface area contributed by atoms with Gasteiger partial charge in [-0.25, -0.2) is 0 Å². The van der Waals surface area contributed by atoms with Crippen LogP contribution in [0.15, 0.2) is 35.9 Å². The largest absolute Gasteiger partial charge is 0.489 e. The van der Waals surface area contributed by atoms with Crippen LogP contribution in [0, 0.1) is 0 Å². The molecule has 1 aliphatic rings. The fraction of sp³-hybridized carbons (Fsp3) is 0.500. The van der Waals surface area contributed by atoms with Gasteiger partial charge in [-0.1, -0.05) is 39.0 Å². The van der Waals surface area contributed by atoms with Gasteiger partial charge >= 0.3 is 0 Å². The van der Waals surface area contributed by atoms with E-state index in [9.17, 15) is 0 Å². The molecule has 0 saturated heterocycles. The van der Waals surface area contributed by atoms with E-state index >= 15 is 0 Å². The highest BCUT2D eigenvalue weighted by Crippen LogP contribution is 2.25. The Morgan fingerprint density at radius 2 is 2.11 bits per heavy atom. The molecule has 0 unspecified atom stereocenters. The van der Waals surface area contributed by atoms with Crippen molar-refractivity contribution in [1.82, 2.24) is 5.32 Å². The van der Waals surface area contributed by atoms with Crippen LogP contribution in [-0.4, -0.2) is 19.7 Å². The topological polar surface area (TPSA) is 21.3 Å². The van der Waals surface area contributed by atoms with Gasteiger partial charge in [0, 0.05) is 6.54 Å². The summed E-state index contributed by atoms with van der Waals surface area (Å²) < 4.78 is 5.89. The average molecular weight is 245 g/mol. The molecule has 0 atom stereocenters. The van der Waals surface area contributed by atoms with Gasteiger partial charge in [0.25, 0.3) is 0 Å². The Balaban J connectivity index is 1.99. The van der Waals surface area contributed by atoms with E-state index in [4.69, 9.17) is 4.74 Å². The van der Waals surface area contributed by atoms with E-state index in [1.807, 2.05) is 6.07 Å². The SMILES string of the molecule is CC(C)(C)c1cccc(OCC2=CCNCC2)c1. The summed E-state index contributed by atoms with van der Waals surface area (Å²) in [7, 11) is 0. The van der Waals surface area contributed by atoms with Gasteiger partial charge < -0.3 is 10.1 Å². The van der Waals surface area contributed by atoms with Crippen LogP contribution >= 0.6 is 0 Å². The third-order valence-corrected chi connectivity index (χ3v) is 3.28. The molecule has 1 aromatic rings. The summed E-state index contributed by atoms with van der Waals surface area (Å²) in [6, 6.07) is 8.43. The molecule has 0 aliphatic carbocycles. The summed E-state index contributed by atoms with van der Waals surface area (Å²) in [5, 5.41) is 3.31. The molecule has 98 valence electrons. The average Bonchev–Trinajstić information content (AvgIpc) is 2.37. The van der Waals surface area contributed by atoms with Crippen molar-refractivity contribution in [1.29, 1.82) is 0 Å². The first-order chi connectivity index (χ1) is 8.55. The maximum atomic E-state index is 5.89. The van der Waals surface area contributed by atoms with Crippen molar-refractivity contribution in [3.05, 3.63) is 41.5 Å². The van der Waals surface area contributed by atoms with E-state index in [0.29, 0.717) is 0 Å². The normalized spacial score (nSPS) is 16.3. The first-order valence-electron chi connectivity index (χ1n) is 6.68. The molecular weight excluding hydrogens is 222 g/mol. The van der Waals surface area contributed by atoms with Crippen LogP contribution < -0.4 is 10.1 Å². The number of hydrogen-bond acceptors (Lipinski definition) is 2. The van der Waals surface area contributed by atoms with Crippen LogP contribution in [0.25, 0.3) is 0 Å². The number of nitrogens with one attached hydrogen (secondary N) is 1. The van der Waals surface area contributed by atoms with Crippen LogP contribution in [0.2, 0.25) is 0 Å². The standard InChI is InChI=1S/C16H23NO/c1-16(2,3)14-5-4-6-15(11-14)18-12-13-7-9-17-10-8-13/h4-7,11,17H,8-10,12H2,1-3H3. The molecule has 0 saturated carbocycles. The summed E-state index contributed by atoms with van der Waals surface area (Å²) in [5.74, 6) is 0.974. The van der Waals surface area contributed by atoms with Crippen molar-refractivity contribution in [3.8, 4) is 5.75 Å². The van der Waals surface area contributed by atoms with Gasteiger partial charge in [0.15, 0.2) is 0 Å². The monoisotopic (exact) mass is 245 g/mol. The maximum absolute atomic E-state index is 5.89. The first kappa shape index (κ1) is 13.2. The molecule has 0 aromatic heterocycles. The van der Waals surface area contributed by atoms with Gasteiger partial charge in [-0.2, -0.15) is 0 Å². The van der Waals surface area contributed by atoms with Crippen LogP contribution in [0.5, 0.6) is 5.75 Å². The summed E-state index contributed by atoms with van der Waals surface area (Å²) in [6.45, 7) is 9.43. The minimum absolute atomic E-state index is 0.174. The molecule has 1 heterocycles. The summed E-state index contributed by atoms with van der Waals surface area (Å²) in [6.07, 6.45) is 3.33.